The highest BCUT2D eigenvalue weighted by atomic mass is 28.4. The number of amides is 1. The third kappa shape index (κ3) is 9.94. The number of ether oxygens (including phenoxy) is 2. The summed E-state index contributed by atoms with van der Waals surface area (Å²) < 4.78 is 18.0. The van der Waals surface area contributed by atoms with Crippen LogP contribution in [0.3, 0.4) is 0 Å². The molecule has 1 amide bonds. The third-order valence-electron chi connectivity index (χ3n) is 7.69. The van der Waals surface area contributed by atoms with Crippen LogP contribution >= 0.6 is 0 Å². The molecule has 4 atom stereocenters. The van der Waals surface area contributed by atoms with Crippen molar-refractivity contribution in [2.75, 3.05) is 0 Å². The molecule has 2 N–H and O–H groups in total. The van der Waals surface area contributed by atoms with Gasteiger partial charge in [-0.2, -0.15) is 0 Å². The zero-order valence-corrected chi connectivity index (χ0v) is 26.5. The van der Waals surface area contributed by atoms with Crippen molar-refractivity contribution in [1.29, 1.82) is 0 Å². The summed E-state index contributed by atoms with van der Waals surface area (Å²) in [6.45, 7) is 20.4. The standard InChI is InChI=1S/C30H51NO7Si/c1-11-23(10)27(31-30(35)36-18-24-15-13-12-14-16-24)25(17-26(32)37-28(19(2)3)29(33)34)38-39(20(4)5,21(6)7)22(8)9/h12-16,19-23,25,27-28H,11,17-18H2,1-10H3,(H,31,35)(H,33,34)/t23-,25-,27+,28-/m0/s1. The molecular formula is C30H51NO7Si. The van der Waals surface area contributed by atoms with Crippen LogP contribution in [-0.4, -0.2) is 49.7 Å². The van der Waals surface area contributed by atoms with Crippen LogP contribution in [0.2, 0.25) is 16.6 Å². The van der Waals surface area contributed by atoms with Gasteiger partial charge in [-0.3, -0.25) is 4.79 Å². The molecular weight excluding hydrogens is 514 g/mol. The van der Waals surface area contributed by atoms with E-state index in [0.29, 0.717) is 0 Å². The molecule has 0 heterocycles. The molecule has 0 saturated heterocycles. The Bertz CT molecular complexity index is 882. The first-order chi connectivity index (χ1) is 18.2. The first-order valence-corrected chi connectivity index (χ1v) is 16.4. The number of carbonyl (C=O) groups excluding carboxylic acids is 2. The van der Waals surface area contributed by atoms with Crippen molar-refractivity contribution in [3.8, 4) is 0 Å². The summed E-state index contributed by atoms with van der Waals surface area (Å²) in [4.78, 5) is 37.9. The number of carbonyl (C=O) groups is 3. The molecule has 0 saturated carbocycles. The first kappa shape index (κ1) is 34.6. The van der Waals surface area contributed by atoms with Gasteiger partial charge in [-0.05, 0) is 28.1 Å². The lowest BCUT2D eigenvalue weighted by atomic mass is 9.93. The topological polar surface area (TPSA) is 111 Å². The maximum absolute atomic E-state index is 13.2. The quantitative estimate of drug-likeness (QED) is 0.165. The molecule has 0 aromatic heterocycles. The Hall–Kier alpha value is -2.39. The van der Waals surface area contributed by atoms with Gasteiger partial charge in [-0.15, -0.1) is 0 Å². The highest BCUT2D eigenvalue weighted by Gasteiger charge is 2.49. The second-order valence-electron chi connectivity index (χ2n) is 11.8. The molecule has 8 nitrogen and oxygen atoms in total. The summed E-state index contributed by atoms with van der Waals surface area (Å²) in [6, 6.07) is 8.86. The van der Waals surface area contributed by atoms with Crippen LogP contribution in [0.25, 0.3) is 0 Å². The van der Waals surface area contributed by atoms with E-state index in [1.807, 2.05) is 44.2 Å². The van der Waals surface area contributed by atoms with Gasteiger partial charge >= 0.3 is 18.0 Å². The number of esters is 1. The predicted molar refractivity (Wildman–Crippen MR) is 156 cm³/mol. The van der Waals surface area contributed by atoms with Crippen molar-refractivity contribution in [2.45, 2.75) is 124 Å². The number of hydrogen-bond donors (Lipinski definition) is 2. The number of nitrogens with one attached hydrogen (secondary N) is 1. The average Bonchev–Trinajstić information content (AvgIpc) is 2.86. The van der Waals surface area contributed by atoms with Gasteiger partial charge in [0.1, 0.15) is 6.61 Å². The Kier molecular flexibility index (Phi) is 14.2. The largest absolute Gasteiger partial charge is 0.478 e. The van der Waals surface area contributed by atoms with E-state index < -0.39 is 50.5 Å². The highest BCUT2D eigenvalue weighted by molar-refractivity contribution is 6.77. The summed E-state index contributed by atoms with van der Waals surface area (Å²) in [5, 5.41) is 12.6. The number of aliphatic carboxylic acids is 1. The van der Waals surface area contributed by atoms with Crippen molar-refractivity contribution >= 4 is 26.3 Å². The maximum Gasteiger partial charge on any atom is 0.407 e. The van der Waals surface area contributed by atoms with Crippen LogP contribution in [0.5, 0.6) is 0 Å². The van der Waals surface area contributed by atoms with E-state index in [9.17, 15) is 19.5 Å². The molecule has 1 rings (SSSR count). The summed E-state index contributed by atoms with van der Waals surface area (Å²) in [5.41, 5.74) is 1.58. The van der Waals surface area contributed by atoms with Gasteiger partial charge in [0.25, 0.3) is 0 Å². The normalized spacial score (nSPS) is 15.2. The number of alkyl carbamates (subject to hydrolysis) is 1. The fourth-order valence-corrected chi connectivity index (χ4v) is 11.1. The van der Waals surface area contributed by atoms with Gasteiger partial charge in [0.2, 0.25) is 14.4 Å². The van der Waals surface area contributed by atoms with Gasteiger partial charge < -0.3 is 24.3 Å². The number of hydrogen-bond acceptors (Lipinski definition) is 6. The Morgan fingerprint density at radius 1 is 0.897 bits per heavy atom. The maximum atomic E-state index is 13.2. The Morgan fingerprint density at radius 2 is 1.44 bits per heavy atom. The average molecular weight is 566 g/mol. The van der Waals surface area contributed by atoms with Crippen molar-refractivity contribution < 1.29 is 33.4 Å². The molecule has 0 radical (unpaired) electrons. The summed E-state index contributed by atoms with van der Waals surface area (Å²) in [6.07, 6.45) is -2.01. The van der Waals surface area contributed by atoms with Gasteiger partial charge in [-0.25, -0.2) is 9.59 Å². The minimum Gasteiger partial charge on any atom is -0.478 e. The monoisotopic (exact) mass is 565 g/mol. The fraction of sp³-hybridized carbons (Fsp3) is 0.700. The molecule has 0 aliphatic rings. The zero-order chi connectivity index (χ0) is 29.9. The highest BCUT2D eigenvalue weighted by Crippen LogP contribution is 2.44. The lowest BCUT2D eigenvalue weighted by Crippen LogP contribution is -2.57. The summed E-state index contributed by atoms with van der Waals surface area (Å²) >= 11 is 0. The molecule has 0 bridgehead atoms. The van der Waals surface area contributed by atoms with Crippen molar-refractivity contribution in [3.63, 3.8) is 0 Å². The summed E-state index contributed by atoms with van der Waals surface area (Å²) in [7, 11) is -2.50. The number of carboxylic acid groups (broad SMARTS) is 1. The van der Waals surface area contributed by atoms with E-state index in [4.69, 9.17) is 13.9 Å². The van der Waals surface area contributed by atoms with Crippen LogP contribution in [0.1, 0.15) is 87.6 Å². The molecule has 9 heteroatoms. The first-order valence-electron chi connectivity index (χ1n) is 14.2. The van der Waals surface area contributed by atoms with Crippen LogP contribution in [0, 0.1) is 11.8 Å². The molecule has 0 fully saturated rings. The van der Waals surface area contributed by atoms with Crippen LogP contribution in [0.4, 0.5) is 4.79 Å². The van der Waals surface area contributed by atoms with E-state index in [0.717, 1.165) is 12.0 Å². The minimum atomic E-state index is -2.50. The van der Waals surface area contributed by atoms with Gasteiger partial charge in [-0.1, -0.05) is 106 Å². The predicted octanol–water partition coefficient (Wildman–Crippen LogP) is 6.93. The number of rotatable bonds is 16. The molecule has 39 heavy (non-hydrogen) atoms. The van der Waals surface area contributed by atoms with Gasteiger partial charge in [0, 0.05) is 5.92 Å². The SMILES string of the molecule is CC[C@H](C)[C@@H](NC(=O)OCc1ccccc1)[C@H](CC(=O)O[C@H](C(=O)O)C(C)C)O[Si](C(C)C)(C(C)C)C(C)C. The number of benzene rings is 1. The van der Waals surface area contributed by atoms with Crippen molar-refractivity contribution in [2.24, 2.45) is 11.8 Å². The van der Waals surface area contributed by atoms with Crippen molar-refractivity contribution in [1.82, 2.24) is 5.32 Å². The molecule has 0 spiro atoms. The molecule has 0 aliphatic heterocycles. The van der Waals surface area contributed by atoms with Crippen molar-refractivity contribution in [3.05, 3.63) is 35.9 Å². The van der Waals surface area contributed by atoms with Crippen LogP contribution in [-0.2, 0) is 30.1 Å². The third-order valence-corrected chi connectivity index (χ3v) is 13.8. The lowest BCUT2D eigenvalue weighted by Gasteiger charge is -2.46. The van der Waals surface area contributed by atoms with Crippen LogP contribution < -0.4 is 5.32 Å². The van der Waals surface area contributed by atoms with Crippen LogP contribution in [0.15, 0.2) is 30.3 Å². The van der Waals surface area contributed by atoms with E-state index in [-0.39, 0.29) is 35.6 Å². The molecule has 1 aromatic rings. The van der Waals surface area contributed by atoms with E-state index >= 15 is 0 Å². The van der Waals surface area contributed by atoms with Gasteiger partial charge in [0.15, 0.2) is 0 Å². The zero-order valence-electron chi connectivity index (χ0n) is 25.5. The van der Waals surface area contributed by atoms with Gasteiger partial charge in [0.05, 0.1) is 18.6 Å². The lowest BCUT2D eigenvalue weighted by molar-refractivity contribution is -0.168. The number of carboxylic acids is 1. The summed E-state index contributed by atoms with van der Waals surface area (Å²) in [5.74, 6) is -2.29. The molecule has 0 aliphatic carbocycles. The second kappa shape index (κ2) is 16.0. The smallest absolute Gasteiger partial charge is 0.407 e. The Morgan fingerprint density at radius 3 is 1.87 bits per heavy atom. The molecule has 0 unspecified atom stereocenters. The molecule has 222 valence electrons. The van der Waals surface area contributed by atoms with E-state index in [1.165, 1.54) is 0 Å². The Labute approximate surface area is 236 Å². The fourth-order valence-electron chi connectivity index (χ4n) is 5.49. The Balaban J connectivity index is 3.38. The minimum absolute atomic E-state index is 0.0503. The second-order valence-corrected chi connectivity index (χ2v) is 17.2. The van der Waals surface area contributed by atoms with E-state index in [1.54, 1.807) is 13.8 Å². The van der Waals surface area contributed by atoms with E-state index in [2.05, 4.69) is 46.9 Å². The molecule has 1 aromatic carbocycles.